The summed E-state index contributed by atoms with van der Waals surface area (Å²) in [5.74, 6) is 2.05. The molecule has 0 radical (unpaired) electrons. The monoisotopic (exact) mass is 286 g/mol. The smallest absolute Gasteiger partial charge is 0.302 e. The van der Waals surface area contributed by atoms with Gasteiger partial charge in [-0.05, 0) is 36.4 Å². The van der Waals surface area contributed by atoms with E-state index in [0.717, 1.165) is 17.2 Å². The van der Waals surface area contributed by atoms with Gasteiger partial charge in [0.1, 0.15) is 17.2 Å². The van der Waals surface area contributed by atoms with E-state index in [1.165, 1.54) is 6.92 Å². The van der Waals surface area contributed by atoms with Gasteiger partial charge in [-0.1, -0.05) is 18.2 Å². The summed E-state index contributed by atoms with van der Waals surface area (Å²) in [6.45, 7) is 2.28. The lowest BCUT2D eigenvalue weighted by Crippen LogP contribution is -2.05. The van der Waals surface area contributed by atoms with Gasteiger partial charge in [-0.3, -0.25) is 4.79 Å². The summed E-state index contributed by atoms with van der Waals surface area (Å²) in [5.41, 5.74) is 0. The van der Waals surface area contributed by atoms with E-state index in [1.807, 2.05) is 54.6 Å². The number of carbonyl (C=O) groups is 1. The summed E-state index contributed by atoms with van der Waals surface area (Å²) in [4.78, 5) is 10.6. The molecule has 0 saturated heterocycles. The zero-order chi connectivity index (χ0) is 14.9. The highest BCUT2D eigenvalue weighted by Gasteiger charge is 1.99. The Bertz CT molecular complexity index is 549. The molecule has 0 aliphatic carbocycles. The van der Waals surface area contributed by atoms with Crippen molar-refractivity contribution in [3.05, 3.63) is 54.6 Å². The number of hydrogen-bond acceptors (Lipinski definition) is 4. The molecule has 2 rings (SSSR count). The van der Waals surface area contributed by atoms with Crippen molar-refractivity contribution < 1.29 is 19.0 Å². The number of esters is 1. The van der Waals surface area contributed by atoms with Crippen LogP contribution in [0.4, 0.5) is 0 Å². The molecule has 0 unspecified atom stereocenters. The molecule has 0 amide bonds. The summed E-state index contributed by atoms with van der Waals surface area (Å²) in [6.07, 6.45) is 0.668. The van der Waals surface area contributed by atoms with Crippen molar-refractivity contribution in [3.63, 3.8) is 0 Å². The summed E-state index contributed by atoms with van der Waals surface area (Å²) in [7, 11) is 0. The zero-order valence-electron chi connectivity index (χ0n) is 12.0. The summed E-state index contributed by atoms with van der Waals surface area (Å²) < 4.78 is 16.1. The predicted octanol–water partition coefficient (Wildman–Crippen LogP) is 3.81. The molecule has 0 spiro atoms. The maximum Gasteiger partial charge on any atom is 0.302 e. The van der Waals surface area contributed by atoms with Gasteiger partial charge in [0, 0.05) is 13.3 Å². The molecular weight excluding hydrogens is 268 g/mol. The van der Waals surface area contributed by atoms with E-state index in [2.05, 4.69) is 0 Å². The van der Waals surface area contributed by atoms with E-state index in [-0.39, 0.29) is 5.97 Å². The largest absolute Gasteiger partial charge is 0.493 e. The molecule has 0 aliphatic rings. The second kappa shape index (κ2) is 7.94. The van der Waals surface area contributed by atoms with Gasteiger partial charge in [-0.25, -0.2) is 0 Å². The van der Waals surface area contributed by atoms with Gasteiger partial charge in [-0.2, -0.15) is 0 Å². The predicted molar refractivity (Wildman–Crippen MR) is 79.7 cm³/mol. The van der Waals surface area contributed by atoms with Crippen molar-refractivity contribution in [2.45, 2.75) is 13.3 Å². The lowest BCUT2D eigenvalue weighted by Gasteiger charge is -2.08. The Morgan fingerprint density at radius 3 is 2.14 bits per heavy atom. The summed E-state index contributed by atoms with van der Waals surface area (Å²) in [5, 5.41) is 0. The Kier molecular flexibility index (Phi) is 5.64. The van der Waals surface area contributed by atoms with Crippen molar-refractivity contribution in [1.82, 2.24) is 0 Å². The van der Waals surface area contributed by atoms with Crippen LogP contribution in [-0.2, 0) is 9.53 Å². The highest BCUT2D eigenvalue weighted by molar-refractivity contribution is 5.65. The van der Waals surface area contributed by atoms with Gasteiger partial charge in [0.15, 0.2) is 0 Å². The van der Waals surface area contributed by atoms with Crippen molar-refractivity contribution in [3.8, 4) is 17.2 Å². The van der Waals surface area contributed by atoms with Gasteiger partial charge in [0.25, 0.3) is 0 Å². The van der Waals surface area contributed by atoms with E-state index in [1.54, 1.807) is 0 Å². The van der Waals surface area contributed by atoms with Gasteiger partial charge >= 0.3 is 5.97 Å². The maximum atomic E-state index is 10.6. The third-order valence-electron chi connectivity index (χ3n) is 2.67. The topological polar surface area (TPSA) is 44.8 Å². The van der Waals surface area contributed by atoms with Gasteiger partial charge in [0.2, 0.25) is 0 Å². The molecule has 110 valence electrons. The number of hydrogen-bond donors (Lipinski definition) is 0. The molecule has 4 nitrogen and oxygen atoms in total. The fraction of sp³-hybridized carbons (Fsp3) is 0.235. The first-order chi connectivity index (χ1) is 10.2. The Morgan fingerprint density at radius 1 is 0.857 bits per heavy atom. The van der Waals surface area contributed by atoms with E-state index < -0.39 is 0 Å². The average molecular weight is 286 g/mol. The lowest BCUT2D eigenvalue weighted by molar-refractivity contribution is -0.141. The first-order valence-corrected chi connectivity index (χ1v) is 6.83. The quantitative estimate of drug-likeness (QED) is 0.573. The SMILES string of the molecule is CC(=O)OCCCOc1ccc(Oc2ccccc2)cc1. The van der Waals surface area contributed by atoms with Crippen molar-refractivity contribution in [2.75, 3.05) is 13.2 Å². The molecular formula is C17H18O4. The fourth-order valence-electron chi connectivity index (χ4n) is 1.69. The zero-order valence-corrected chi connectivity index (χ0v) is 12.0. The fourth-order valence-corrected chi connectivity index (χ4v) is 1.69. The number of carbonyl (C=O) groups excluding carboxylic acids is 1. The standard InChI is InChI=1S/C17H18O4/c1-14(18)19-12-5-13-20-15-8-10-17(11-9-15)21-16-6-3-2-4-7-16/h2-4,6-11H,5,12-13H2,1H3. The van der Waals surface area contributed by atoms with Crippen LogP contribution in [0.3, 0.4) is 0 Å². The third-order valence-corrected chi connectivity index (χ3v) is 2.67. The Labute approximate surface area is 124 Å². The molecule has 0 aliphatic heterocycles. The molecule has 0 saturated carbocycles. The van der Waals surface area contributed by atoms with Crippen LogP contribution in [0.25, 0.3) is 0 Å². The highest BCUT2D eigenvalue weighted by atomic mass is 16.5. The highest BCUT2D eigenvalue weighted by Crippen LogP contribution is 2.23. The first kappa shape index (κ1) is 14.9. The van der Waals surface area contributed by atoms with E-state index in [9.17, 15) is 4.79 Å². The van der Waals surface area contributed by atoms with Crippen LogP contribution in [0.15, 0.2) is 54.6 Å². The van der Waals surface area contributed by atoms with Gasteiger partial charge in [0.05, 0.1) is 13.2 Å². The Hall–Kier alpha value is -2.49. The number of ether oxygens (including phenoxy) is 3. The molecule has 4 heteroatoms. The van der Waals surface area contributed by atoms with Crippen LogP contribution in [0.1, 0.15) is 13.3 Å². The first-order valence-electron chi connectivity index (χ1n) is 6.83. The van der Waals surface area contributed by atoms with Crippen LogP contribution in [0.2, 0.25) is 0 Å². The van der Waals surface area contributed by atoms with E-state index in [4.69, 9.17) is 14.2 Å². The van der Waals surface area contributed by atoms with E-state index >= 15 is 0 Å². The molecule has 21 heavy (non-hydrogen) atoms. The minimum atomic E-state index is -0.266. The van der Waals surface area contributed by atoms with Crippen LogP contribution < -0.4 is 9.47 Å². The van der Waals surface area contributed by atoms with Crippen molar-refractivity contribution >= 4 is 5.97 Å². The van der Waals surface area contributed by atoms with Gasteiger partial charge in [-0.15, -0.1) is 0 Å². The third kappa shape index (κ3) is 5.57. The van der Waals surface area contributed by atoms with Crippen molar-refractivity contribution in [1.29, 1.82) is 0 Å². The normalized spacial score (nSPS) is 9.95. The number of rotatable bonds is 7. The Morgan fingerprint density at radius 2 is 1.48 bits per heavy atom. The molecule has 0 fully saturated rings. The van der Waals surface area contributed by atoms with Crippen LogP contribution >= 0.6 is 0 Å². The maximum absolute atomic E-state index is 10.6. The molecule has 0 aromatic heterocycles. The molecule has 0 atom stereocenters. The number of para-hydroxylation sites is 1. The summed E-state index contributed by atoms with van der Waals surface area (Å²) in [6, 6.07) is 17.0. The Balaban J connectivity index is 1.75. The molecule has 0 heterocycles. The summed E-state index contributed by atoms with van der Waals surface area (Å²) >= 11 is 0. The minimum absolute atomic E-state index is 0.266. The molecule has 0 N–H and O–H groups in total. The lowest BCUT2D eigenvalue weighted by atomic mass is 10.3. The van der Waals surface area contributed by atoms with Crippen LogP contribution in [-0.4, -0.2) is 19.2 Å². The molecule has 2 aromatic rings. The second-order valence-electron chi connectivity index (χ2n) is 4.43. The molecule has 2 aromatic carbocycles. The second-order valence-corrected chi connectivity index (χ2v) is 4.43. The van der Waals surface area contributed by atoms with Crippen LogP contribution in [0, 0.1) is 0 Å². The van der Waals surface area contributed by atoms with Gasteiger partial charge < -0.3 is 14.2 Å². The van der Waals surface area contributed by atoms with E-state index in [0.29, 0.717) is 19.6 Å². The number of benzene rings is 2. The van der Waals surface area contributed by atoms with Crippen molar-refractivity contribution in [2.24, 2.45) is 0 Å². The minimum Gasteiger partial charge on any atom is -0.493 e. The van der Waals surface area contributed by atoms with Crippen LogP contribution in [0.5, 0.6) is 17.2 Å². The molecule has 0 bridgehead atoms. The average Bonchev–Trinajstić information content (AvgIpc) is 2.49.